The third-order valence-electron chi connectivity index (χ3n) is 4.17. The van der Waals surface area contributed by atoms with Crippen LogP contribution in [0.1, 0.15) is 26.7 Å². The van der Waals surface area contributed by atoms with Crippen LogP contribution >= 0.6 is 22.6 Å². The molecule has 1 heterocycles. The third kappa shape index (κ3) is 0.978. The lowest BCUT2D eigenvalue weighted by Gasteiger charge is -2.43. The number of rotatable bonds is 1. The van der Waals surface area contributed by atoms with Crippen LogP contribution in [0, 0.1) is 16.7 Å². The highest BCUT2D eigenvalue weighted by atomic mass is 127. The maximum Gasteiger partial charge on any atom is 0.320 e. The molecule has 1 aliphatic heterocycles. The number of esters is 2. The van der Waals surface area contributed by atoms with E-state index in [-0.39, 0.29) is 23.3 Å². The summed E-state index contributed by atoms with van der Waals surface area (Å²) in [7, 11) is 0. The molecule has 0 unspecified atom stereocenters. The van der Waals surface area contributed by atoms with Gasteiger partial charge in [0, 0.05) is 9.84 Å². The number of halogens is 1. The number of hydrogen-bond acceptors (Lipinski definition) is 3. The summed E-state index contributed by atoms with van der Waals surface area (Å²) in [6.45, 7) is 3.97. The molecule has 2 fully saturated rings. The third-order valence-corrected chi connectivity index (χ3v) is 5.75. The molecule has 1 saturated heterocycles. The van der Waals surface area contributed by atoms with Crippen molar-refractivity contribution in [2.75, 3.05) is 4.43 Å². The van der Waals surface area contributed by atoms with E-state index in [9.17, 15) is 9.59 Å². The Labute approximate surface area is 96.7 Å². The van der Waals surface area contributed by atoms with Crippen molar-refractivity contribution in [3.05, 3.63) is 0 Å². The van der Waals surface area contributed by atoms with Crippen molar-refractivity contribution >= 4 is 34.5 Å². The molecule has 4 heteroatoms. The Morgan fingerprint density at radius 2 is 2.14 bits per heavy atom. The summed E-state index contributed by atoms with van der Waals surface area (Å²) in [5.41, 5.74) is -0.660. The number of hydrogen-bond donors (Lipinski definition) is 0. The lowest BCUT2D eigenvalue weighted by Crippen LogP contribution is -2.52. The largest absolute Gasteiger partial charge is 0.392 e. The molecule has 0 aromatic rings. The van der Waals surface area contributed by atoms with Gasteiger partial charge in [0.2, 0.25) is 0 Å². The van der Waals surface area contributed by atoms with Crippen LogP contribution in [-0.2, 0) is 14.3 Å². The van der Waals surface area contributed by atoms with Gasteiger partial charge in [-0.3, -0.25) is 9.59 Å². The molecule has 3 atom stereocenters. The van der Waals surface area contributed by atoms with Gasteiger partial charge in [0.25, 0.3) is 0 Å². The highest BCUT2D eigenvalue weighted by molar-refractivity contribution is 14.1. The summed E-state index contributed by atoms with van der Waals surface area (Å²) in [6.07, 6.45) is 1.57. The Morgan fingerprint density at radius 3 is 2.71 bits per heavy atom. The quantitative estimate of drug-likeness (QED) is 0.322. The van der Waals surface area contributed by atoms with E-state index in [2.05, 4.69) is 22.6 Å². The van der Waals surface area contributed by atoms with Gasteiger partial charge in [0.15, 0.2) is 0 Å². The van der Waals surface area contributed by atoms with Crippen LogP contribution in [0.5, 0.6) is 0 Å². The van der Waals surface area contributed by atoms with E-state index in [1.54, 1.807) is 0 Å². The van der Waals surface area contributed by atoms with Gasteiger partial charge in [-0.05, 0) is 19.8 Å². The predicted octanol–water partition coefficient (Wildman–Crippen LogP) is 1.93. The topological polar surface area (TPSA) is 43.4 Å². The van der Waals surface area contributed by atoms with Crippen LogP contribution in [0.3, 0.4) is 0 Å². The van der Waals surface area contributed by atoms with Crippen molar-refractivity contribution in [3.8, 4) is 0 Å². The SMILES string of the molecule is C[C@@]12CC[C@@H](C(=O)OC1=O)[C@@]2(C)CI. The molecule has 0 spiro atoms. The first-order valence-electron chi connectivity index (χ1n) is 4.78. The second-order valence-electron chi connectivity index (χ2n) is 4.68. The van der Waals surface area contributed by atoms with E-state index < -0.39 is 5.41 Å². The van der Waals surface area contributed by atoms with Gasteiger partial charge in [-0.15, -0.1) is 0 Å². The first-order valence-corrected chi connectivity index (χ1v) is 6.30. The summed E-state index contributed by atoms with van der Waals surface area (Å²) in [5.74, 6) is -0.721. The van der Waals surface area contributed by atoms with Crippen molar-refractivity contribution in [3.63, 3.8) is 0 Å². The van der Waals surface area contributed by atoms with Crippen molar-refractivity contribution in [1.29, 1.82) is 0 Å². The highest BCUT2D eigenvalue weighted by Gasteiger charge is 2.65. The fourth-order valence-electron chi connectivity index (χ4n) is 2.65. The van der Waals surface area contributed by atoms with E-state index in [1.165, 1.54) is 0 Å². The molecule has 0 amide bonds. The summed E-state index contributed by atoms with van der Waals surface area (Å²) < 4.78 is 5.62. The smallest absolute Gasteiger partial charge is 0.320 e. The van der Waals surface area contributed by atoms with Crippen molar-refractivity contribution in [1.82, 2.24) is 0 Å². The fraction of sp³-hybridized carbons (Fsp3) is 0.800. The number of carbonyl (C=O) groups excluding carboxylic acids is 2. The van der Waals surface area contributed by atoms with Crippen LogP contribution in [0.2, 0.25) is 0 Å². The van der Waals surface area contributed by atoms with Crippen molar-refractivity contribution < 1.29 is 14.3 Å². The van der Waals surface area contributed by atoms with Gasteiger partial charge in [-0.2, -0.15) is 0 Å². The number of ether oxygens (including phenoxy) is 1. The number of fused-ring (bicyclic) bond motifs is 2. The molecule has 0 aromatic heterocycles. The van der Waals surface area contributed by atoms with Gasteiger partial charge < -0.3 is 4.74 Å². The van der Waals surface area contributed by atoms with E-state index in [0.29, 0.717) is 0 Å². The Kier molecular flexibility index (Phi) is 2.18. The Hall–Kier alpha value is -0.130. The number of alkyl halides is 1. The second-order valence-corrected chi connectivity index (χ2v) is 5.45. The zero-order valence-electron chi connectivity index (χ0n) is 8.30. The van der Waals surface area contributed by atoms with Crippen molar-refractivity contribution in [2.45, 2.75) is 26.7 Å². The molecule has 0 radical (unpaired) electrons. The van der Waals surface area contributed by atoms with Crippen molar-refractivity contribution in [2.24, 2.45) is 16.7 Å². The molecule has 3 nitrogen and oxygen atoms in total. The zero-order chi connectivity index (χ0) is 10.6. The first kappa shape index (κ1) is 10.4. The molecular formula is C10H13IO3. The molecule has 78 valence electrons. The van der Waals surface area contributed by atoms with Crippen LogP contribution in [0.4, 0.5) is 0 Å². The molecule has 0 N–H and O–H groups in total. The van der Waals surface area contributed by atoms with Gasteiger partial charge in [0.1, 0.15) is 0 Å². The molecule has 2 aliphatic rings. The Balaban J connectivity index is 2.51. The zero-order valence-corrected chi connectivity index (χ0v) is 10.5. The summed E-state index contributed by atoms with van der Waals surface area (Å²) in [5, 5.41) is 0. The normalized spacial score (nSPS) is 46.6. The Bertz CT molecular complexity index is 314. The molecule has 2 rings (SSSR count). The average Bonchev–Trinajstić information content (AvgIpc) is 2.34. The van der Waals surface area contributed by atoms with E-state index >= 15 is 0 Å². The molecule has 1 aliphatic carbocycles. The monoisotopic (exact) mass is 308 g/mol. The van der Waals surface area contributed by atoms with Crippen LogP contribution in [0.15, 0.2) is 0 Å². The second kappa shape index (κ2) is 2.93. The van der Waals surface area contributed by atoms with Crippen LogP contribution in [-0.4, -0.2) is 16.4 Å². The van der Waals surface area contributed by atoms with Crippen LogP contribution in [0.25, 0.3) is 0 Å². The number of carbonyl (C=O) groups is 2. The molecule has 14 heavy (non-hydrogen) atoms. The Morgan fingerprint density at radius 1 is 1.50 bits per heavy atom. The maximum atomic E-state index is 11.7. The number of cyclic esters (lactones) is 2. The van der Waals surface area contributed by atoms with Gasteiger partial charge >= 0.3 is 11.9 Å². The summed E-state index contributed by atoms with van der Waals surface area (Å²) >= 11 is 2.26. The highest BCUT2D eigenvalue weighted by Crippen LogP contribution is 2.60. The predicted molar refractivity (Wildman–Crippen MR) is 58.9 cm³/mol. The first-order chi connectivity index (χ1) is 6.45. The lowest BCUT2D eigenvalue weighted by molar-refractivity contribution is -0.184. The van der Waals surface area contributed by atoms with Gasteiger partial charge in [-0.1, -0.05) is 29.5 Å². The lowest BCUT2D eigenvalue weighted by atomic mass is 9.64. The fourth-order valence-corrected chi connectivity index (χ4v) is 4.02. The van der Waals surface area contributed by atoms with Crippen LogP contribution < -0.4 is 0 Å². The maximum absolute atomic E-state index is 11.7. The molecular weight excluding hydrogens is 295 g/mol. The van der Waals surface area contributed by atoms with E-state index in [1.807, 2.05) is 13.8 Å². The summed E-state index contributed by atoms with van der Waals surface area (Å²) in [6, 6.07) is 0. The molecule has 2 bridgehead atoms. The van der Waals surface area contributed by atoms with E-state index in [0.717, 1.165) is 17.3 Å². The average molecular weight is 308 g/mol. The van der Waals surface area contributed by atoms with Gasteiger partial charge in [0.05, 0.1) is 11.3 Å². The minimum Gasteiger partial charge on any atom is -0.392 e. The minimum atomic E-state index is -0.452. The molecule has 1 saturated carbocycles. The standard InChI is InChI=1S/C10H13IO3/c1-9-4-3-6(10(9,2)5-11)7(12)14-8(9)13/h6H,3-5H2,1-2H3/t6-,9+,10+/m0/s1. The van der Waals surface area contributed by atoms with E-state index in [4.69, 9.17) is 4.74 Å². The van der Waals surface area contributed by atoms with Gasteiger partial charge in [-0.25, -0.2) is 0 Å². The summed E-state index contributed by atoms with van der Waals surface area (Å²) in [4.78, 5) is 23.2. The molecule has 0 aromatic carbocycles. The minimum absolute atomic E-state index is 0.0814.